The van der Waals surface area contributed by atoms with Crippen molar-refractivity contribution in [2.24, 2.45) is 0 Å². The number of alkyl halides is 3. The summed E-state index contributed by atoms with van der Waals surface area (Å²) >= 11 is 0. The van der Waals surface area contributed by atoms with E-state index in [-0.39, 0.29) is 18.2 Å². The van der Waals surface area contributed by atoms with E-state index in [0.29, 0.717) is 5.69 Å². The molecule has 1 saturated heterocycles. The van der Waals surface area contributed by atoms with Gasteiger partial charge in [-0.15, -0.1) is 0 Å². The van der Waals surface area contributed by atoms with E-state index in [1.807, 2.05) is 13.8 Å². The average Bonchev–Trinajstić information content (AvgIpc) is 2.26. The molecule has 1 N–H and O–H groups in total. The lowest BCUT2D eigenvalue weighted by molar-refractivity contribution is -0.137. The van der Waals surface area contributed by atoms with Crippen LogP contribution in [0.3, 0.4) is 0 Å². The Hall–Kier alpha value is -1.23. The van der Waals surface area contributed by atoms with Gasteiger partial charge in [-0.2, -0.15) is 13.2 Å². The lowest BCUT2D eigenvalue weighted by Crippen LogP contribution is -2.36. The summed E-state index contributed by atoms with van der Waals surface area (Å²) in [7, 11) is 0. The summed E-state index contributed by atoms with van der Waals surface area (Å²) in [6, 6.07) is 5.49. The van der Waals surface area contributed by atoms with Crippen molar-refractivity contribution in [2.45, 2.75) is 51.1 Å². The third-order valence-electron chi connectivity index (χ3n) is 3.26. The molecule has 2 nitrogen and oxygen atoms in total. The molecule has 1 aromatic rings. The van der Waals surface area contributed by atoms with Crippen LogP contribution in [0.1, 0.15) is 32.3 Å². The minimum absolute atomic E-state index is 0.132. The first-order chi connectivity index (χ1) is 8.84. The van der Waals surface area contributed by atoms with Gasteiger partial charge in [0.05, 0.1) is 17.8 Å². The Labute approximate surface area is 111 Å². The number of nitrogens with one attached hydrogen (secondary N) is 1. The Morgan fingerprint density at radius 2 is 1.79 bits per heavy atom. The van der Waals surface area contributed by atoms with Gasteiger partial charge in [-0.05, 0) is 44.9 Å². The Balaban J connectivity index is 2.07. The van der Waals surface area contributed by atoms with Crippen molar-refractivity contribution in [1.82, 2.24) is 0 Å². The minimum atomic E-state index is -4.30. The van der Waals surface area contributed by atoms with E-state index >= 15 is 0 Å². The van der Waals surface area contributed by atoms with Crippen LogP contribution in [0.2, 0.25) is 0 Å². The van der Waals surface area contributed by atoms with E-state index in [9.17, 15) is 13.2 Å². The fourth-order valence-electron chi connectivity index (χ4n) is 2.54. The van der Waals surface area contributed by atoms with E-state index in [2.05, 4.69) is 5.32 Å². The molecule has 2 unspecified atom stereocenters. The maximum absolute atomic E-state index is 12.6. The summed E-state index contributed by atoms with van der Waals surface area (Å²) < 4.78 is 43.5. The molecule has 1 aromatic carbocycles. The smallest absolute Gasteiger partial charge is 0.382 e. The van der Waals surface area contributed by atoms with Crippen LogP contribution in [0.15, 0.2) is 24.3 Å². The van der Waals surface area contributed by atoms with E-state index in [0.717, 1.165) is 25.0 Å². The second-order valence-corrected chi connectivity index (χ2v) is 5.15. The van der Waals surface area contributed by atoms with Crippen LogP contribution in [0.5, 0.6) is 0 Å². The number of hydrogen-bond acceptors (Lipinski definition) is 2. The van der Waals surface area contributed by atoms with Crippen molar-refractivity contribution in [3.8, 4) is 0 Å². The minimum Gasteiger partial charge on any atom is -0.382 e. The van der Waals surface area contributed by atoms with Crippen molar-refractivity contribution in [1.29, 1.82) is 0 Å². The number of benzene rings is 1. The van der Waals surface area contributed by atoms with Gasteiger partial charge in [-0.25, -0.2) is 0 Å². The lowest BCUT2D eigenvalue weighted by atomic mass is 9.99. The number of anilines is 1. The molecular weight excluding hydrogens is 255 g/mol. The van der Waals surface area contributed by atoms with Crippen LogP contribution in [0, 0.1) is 0 Å². The van der Waals surface area contributed by atoms with Crippen molar-refractivity contribution < 1.29 is 17.9 Å². The number of halogens is 3. The number of rotatable bonds is 2. The summed E-state index contributed by atoms with van der Waals surface area (Å²) in [5, 5.41) is 3.17. The SMILES string of the molecule is CC1CC(Nc2cccc(C(F)(F)F)c2)CC(C)O1. The van der Waals surface area contributed by atoms with E-state index in [4.69, 9.17) is 4.74 Å². The van der Waals surface area contributed by atoms with Gasteiger partial charge in [0.2, 0.25) is 0 Å². The Bertz CT molecular complexity index is 423. The van der Waals surface area contributed by atoms with Gasteiger partial charge in [0.15, 0.2) is 0 Å². The van der Waals surface area contributed by atoms with Crippen LogP contribution in [-0.2, 0) is 10.9 Å². The molecule has 19 heavy (non-hydrogen) atoms. The summed E-state index contributed by atoms with van der Waals surface area (Å²) in [4.78, 5) is 0. The highest BCUT2D eigenvalue weighted by molar-refractivity contribution is 5.47. The molecule has 0 saturated carbocycles. The van der Waals surface area contributed by atoms with Crippen molar-refractivity contribution in [3.05, 3.63) is 29.8 Å². The zero-order valence-corrected chi connectivity index (χ0v) is 11.0. The second kappa shape index (κ2) is 5.41. The van der Waals surface area contributed by atoms with Gasteiger partial charge in [0, 0.05) is 11.7 Å². The molecule has 106 valence electrons. The largest absolute Gasteiger partial charge is 0.416 e. The van der Waals surface area contributed by atoms with Crippen LogP contribution in [0.25, 0.3) is 0 Å². The van der Waals surface area contributed by atoms with Crippen molar-refractivity contribution in [2.75, 3.05) is 5.32 Å². The molecule has 2 atom stereocenters. The van der Waals surface area contributed by atoms with Crippen molar-refractivity contribution >= 4 is 5.69 Å². The lowest BCUT2D eigenvalue weighted by Gasteiger charge is -2.33. The maximum atomic E-state index is 12.6. The van der Waals surface area contributed by atoms with Crippen molar-refractivity contribution in [3.63, 3.8) is 0 Å². The van der Waals surface area contributed by atoms with Crippen LogP contribution in [-0.4, -0.2) is 18.2 Å². The van der Waals surface area contributed by atoms with Crippen LogP contribution >= 0.6 is 0 Å². The zero-order chi connectivity index (χ0) is 14.0. The van der Waals surface area contributed by atoms with Gasteiger partial charge in [0.1, 0.15) is 0 Å². The molecule has 1 aliphatic heterocycles. The van der Waals surface area contributed by atoms with Crippen LogP contribution < -0.4 is 5.32 Å². The summed E-state index contributed by atoms with van der Waals surface area (Å²) in [5.41, 5.74) is -0.105. The first-order valence-corrected chi connectivity index (χ1v) is 6.44. The third kappa shape index (κ3) is 3.86. The Morgan fingerprint density at radius 3 is 2.37 bits per heavy atom. The maximum Gasteiger partial charge on any atom is 0.416 e. The fourth-order valence-corrected chi connectivity index (χ4v) is 2.54. The summed E-state index contributed by atoms with van der Waals surface area (Å²) in [6.45, 7) is 3.97. The molecule has 2 rings (SSSR count). The molecular formula is C14H18F3NO. The molecule has 1 fully saturated rings. The topological polar surface area (TPSA) is 21.3 Å². The van der Waals surface area contributed by atoms with Gasteiger partial charge >= 0.3 is 6.18 Å². The first-order valence-electron chi connectivity index (χ1n) is 6.44. The predicted octanol–water partition coefficient (Wildman–Crippen LogP) is 4.07. The summed E-state index contributed by atoms with van der Waals surface area (Å²) in [6.07, 6.45) is -2.42. The Morgan fingerprint density at radius 1 is 1.16 bits per heavy atom. The van der Waals surface area contributed by atoms with Crippen LogP contribution in [0.4, 0.5) is 18.9 Å². The average molecular weight is 273 g/mol. The van der Waals surface area contributed by atoms with E-state index in [1.54, 1.807) is 6.07 Å². The molecule has 0 spiro atoms. The molecule has 0 amide bonds. The number of ether oxygens (including phenoxy) is 1. The highest BCUT2D eigenvalue weighted by Crippen LogP contribution is 2.31. The molecule has 0 bridgehead atoms. The molecule has 0 aromatic heterocycles. The quantitative estimate of drug-likeness (QED) is 0.877. The van der Waals surface area contributed by atoms with Gasteiger partial charge < -0.3 is 10.1 Å². The third-order valence-corrected chi connectivity index (χ3v) is 3.26. The number of hydrogen-bond donors (Lipinski definition) is 1. The molecule has 0 aliphatic carbocycles. The first kappa shape index (κ1) is 14.2. The highest BCUT2D eigenvalue weighted by atomic mass is 19.4. The predicted molar refractivity (Wildman–Crippen MR) is 68.1 cm³/mol. The fraction of sp³-hybridized carbons (Fsp3) is 0.571. The van der Waals surface area contributed by atoms with Gasteiger partial charge in [0.25, 0.3) is 0 Å². The molecule has 5 heteroatoms. The normalized spacial score (nSPS) is 28.2. The second-order valence-electron chi connectivity index (χ2n) is 5.15. The highest BCUT2D eigenvalue weighted by Gasteiger charge is 2.31. The molecule has 1 aliphatic rings. The standard InChI is InChI=1S/C14H18F3NO/c1-9-6-13(7-10(2)19-9)18-12-5-3-4-11(8-12)14(15,16)17/h3-5,8-10,13,18H,6-7H2,1-2H3. The molecule has 1 heterocycles. The molecule has 0 radical (unpaired) electrons. The zero-order valence-electron chi connectivity index (χ0n) is 11.0. The van der Waals surface area contributed by atoms with E-state index in [1.165, 1.54) is 6.07 Å². The van der Waals surface area contributed by atoms with Gasteiger partial charge in [-0.3, -0.25) is 0 Å². The Kier molecular flexibility index (Phi) is 4.04. The monoisotopic (exact) mass is 273 g/mol. The van der Waals surface area contributed by atoms with Gasteiger partial charge in [-0.1, -0.05) is 6.07 Å². The van der Waals surface area contributed by atoms with E-state index < -0.39 is 11.7 Å². The summed E-state index contributed by atoms with van der Waals surface area (Å²) in [5.74, 6) is 0.